The van der Waals surface area contributed by atoms with Gasteiger partial charge in [-0.05, 0) is 57.5 Å². The van der Waals surface area contributed by atoms with E-state index in [-0.39, 0.29) is 0 Å². The lowest BCUT2D eigenvalue weighted by atomic mass is 9.75. The van der Waals surface area contributed by atoms with Crippen LogP contribution in [0.4, 0.5) is 0 Å². The smallest absolute Gasteiger partial charge is 0.0223 e. The molecule has 0 amide bonds. The van der Waals surface area contributed by atoms with E-state index in [1.807, 2.05) is 0 Å². The first-order valence-electron chi connectivity index (χ1n) is 7.31. The number of hydrogen-bond donors (Lipinski definition) is 0. The van der Waals surface area contributed by atoms with Gasteiger partial charge >= 0.3 is 0 Å². The van der Waals surface area contributed by atoms with Crippen molar-refractivity contribution in [2.45, 2.75) is 71.3 Å². The van der Waals surface area contributed by atoms with Gasteiger partial charge in [0.25, 0.3) is 0 Å². The molecule has 0 saturated heterocycles. The van der Waals surface area contributed by atoms with E-state index in [0.717, 1.165) is 11.9 Å². The van der Waals surface area contributed by atoms with Gasteiger partial charge in [-0.25, -0.2) is 0 Å². The Morgan fingerprint density at radius 1 is 1.06 bits per heavy atom. The molecule has 1 rings (SSSR count). The summed E-state index contributed by atoms with van der Waals surface area (Å²) >= 11 is 5.68. The maximum atomic E-state index is 5.68. The summed E-state index contributed by atoms with van der Waals surface area (Å²) in [6.07, 6.45) is 10.7. The molecule has 0 heterocycles. The molecule has 2 heteroatoms. The molecule has 0 aromatic heterocycles. The molecule has 0 N–H and O–H groups in total. The van der Waals surface area contributed by atoms with Crippen molar-refractivity contribution in [1.82, 2.24) is 4.90 Å². The number of unbranched alkanes of at least 4 members (excludes halogenated alkanes) is 3. The van der Waals surface area contributed by atoms with Crippen LogP contribution in [0.25, 0.3) is 0 Å². The number of halogens is 1. The summed E-state index contributed by atoms with van der Waals surface area (Å²) in [5, 5.41) is 0. The highest BCUT2D eigenvalue weighted by Gasteiger charge is 2.28. The van der Waals surface area contributed by atoms with Gasteiger partial charge < -0.3 is 4.90 Å². The minimum atomic E-state index is 0.595. The van der Waals surface area contributed by atoms with Crippen LogP contribution in [0.2, 0.25) is 0 Å². The van der Waals surface area contributed by atoms with Crippen molar-refractivity contribution >= 4 is 11.6 Å². The van der Waals surface area contributed by atoms with Crippen molar-refractivity contribution < 1.29 is 0 Å². The number of hydrogen-bond acceptors (Lipinski definition) is 1. The molecule has 0 unspecified atom stereocenters. The second-order valence-corrected chi connectivity index (χ2v) is 6.86. The molecule has 1 nitrogen and oxygen atoms in total. The van der Waals surface area contributed by atoms with Crippen LogP contribution in [-0.4, -0.2) is 30.4 Å². The molecule has 17 heavy (non-hydrogen) atoms. The second-order valence-electron chi connectivity index (χ2n) is 6.48. The van der Waals surface area contributed by atoms with E-state index < -0.39 is 0 Å². The third-order valence-electron chi connectivity index (χ3n) is 4.33. The number of nitrogens with zero attached hydrogens (tertiary/aromatic N) is 1. The molecule has 102 valence electrons. The highest BCUT2D eigenvalue weighted by Crippen LogP contribution is 2.36. The van der Waals surface area contributed by atoms with E-state index in [1.54, 1.807) is 0 Å². The maximum Gasteiger partial charge on any atom is 0.0223 e. The van der Waals surface area contributed by atoms with Gasteiger partial charge in [-0.2, -0.15) is 0 Å². The molecular formula is C15H30ClN. The first-order chi connectivity index (χ1) is 8.05. The van der Waals surface area contributed by atoms with Crippen molar-refractivity contribution in [3.63, 3.8) is 0 Å². The molecule has 0 radical (unpaired) electrons. The second kappa shape index (κ2) is 7.63. The fourth-order valence-electron chi connectivity index (χ4n) is 2.82. The third kappa shape index (κ3) is 6.10. The number of rotatable bonds is 7. The van der Waals surface area contributed by atoms with Gasteiger partial charge in [-0.15, -0.1) is 11.6 Å². The summed E-state index contributed by atoms with van der Waals surface area (Å²) in [5.41, 5.74) is 0.595. The molecule has 1 aliphatic rings. The molecule has 1 aliphatic carbocycles. The van der Waals surface area contributed by atoms with Crippen LogP contribution in [0.15, 0.2) is 0 Å². The summed E-state index contributed by atoms with van der Waals surface area (Å²) in [6.45, 7) is 6.10. The van der Waals surface area contributed by atoms with Crippen molar-refractivity contribution in [1.29, 1.82) is 0 Å². The van der Waals surface area contributed by atoms with Gasteiger partial charge in [0.15, 0.2) is 0 Å². The Balaban J connectivity index is 2.10. The molecule has 0 atom stereocenters. The lowest BCUT2D eigenvalue weighted by Crippen LogP contribution is -2.37. The number of alkyl halides is 1. The molecule has 0 bridgehead atoms. The van der Waals surface area contributed by atoms with E-state index >= 15 is 0 Å². The Kier molecular flexibility index (Phi) is 6.87. The van der Waals surface area contributed by atoms with Gasteiger partial charge in [-0.1, -0.05) is 26.7 Å². The zero-order chi connectivity index (χ0) is 12.7. The fourth-order valence-corrected chi connectivity index (χ4v) is 3.01. The van der Waals surface area contributed by atoms with E-state index in [0.29, 0.717) is 5.41 Å². The molecule has 0 aromatic carbocycles. The first-order valence-corrected chi connectivity index (χ1v) is 7.85. The van der Waals surface area contributed by atoms with Gasteiger partial charge in [0, 0.05) is 11.9 Å². The van der Waals surface area contributed by atoms with Crippen LogP contribution in [0.3, 0.4) is 0 Å². The van der Waals surface area contributed by atoms with E-state index in [4.69, 9.17) is 11.6 Å². The molecule has 1 fully saturated rings. The van der Waals surface area contributed by atoms with Gasteiger partial charge in [0.2, 0.25) is 0 Å². The lowest BCUT2D eigenvalue weighted by Gasteiger charge is -2.38. The SMILES string of the molecule is CN(CCCCCCCl)C1CCC(C)(C)CC1. The summed E-state index contributed by atoms with van der Waals surface area (Å²) < 4.78 is 0. The zero-order valence-corrected chi connectivity index (χ0v) is 12.7. The normalized spacial score (nSPS) is 21.0. The lowest BCUT2D eigenvalue weighted by molar-refractivity contribution is 0.126. The molecule has 0 spiro atoms. The molecule has 0 aromatic rings. The van der Waals surface area contributed by atoms with Crippen molar-refractivity contribution in [3.8, 4) is 0 Å². The average molecular weight is 260 g/mol. The highest BCUT2D eigenvalue weighted by atomic mass is 35.5. The molecule has 0 aliphatic heterocycles. The Hall–Kier alpha value is 0.250. The van der Waals surface area contributed by atoms with E-state index in [9.17, 15) is 0 Å². The van der Waals surface area contributed by atoms with Crippen LogP contribution >= 0.6 is 11.6 Å². The average Bonchev–Trinajstić information content (AvgIpc) is 2.28. The summed E-state index contributed by atoms with van der Waals surface area (Å²) in [5.74, 6) is 0.827. The van der Waals surface area contributed by atoms with Crippen LogP contribution < -0.4 is 0 Å². The Labute approximate surface area is 113 Å². The van der Waals surface area contributed by atoms with Crippen molar-refractivity contribution in [2.75, 3.05) is 19.5 Å². The Morgan fingerprint density at radius 2 is 1.65 bits per heavy atom. The minimum absolute atomic E-state index is 0.595. The predicted octanol–water partition coefficient (Wildman–Crippen LogP) is 4.69. The minimum Gasteiger partial charge on any atom is -0.303 e. The van der Waals surface area contributed by atoms with E-state index in [2.05, 4.69) is 25.8 Å². The topological polar surface area (TPSA) is 3.24 Å². The summed E-state index contributed by atoms with van der Waals surface area (Å²) in [4.78, 5) is 2.59. The monoisotopic (exact) mass is 259 g/mol. The van der Waals surface area contributed by atoms with Crippen molar-refractivity contribution in [2.24, 2.45) is 5.41 Å². The fraction of sp³-hybridized carbons (Fsp3) is 1.00. The molecule has 1 saturated carbocycles. The first kappa shape index (κ1) is 15.3. The quantitative estimate of drug-likeness (QED) is 0.474. The molecular weight excluding hydrogens is 230 g/mol. The van der Waals surface area contributed by atoms with Crippen LogP contribution in [0.1, 0.15) is 65.2 Å². The predicted molar refractivity (Wildman–Crippen MR) is 77.9 cm³/mol. The van der Waals surface area contributed by atoms with Crippen LogP contribution in [0.5, 0.6) is 0 Å². The van der Waals surface area contributed by atoms with Crippen molar-refractivity contribution in [3.05, 3.63) is 0 Å². The van der Waals surface area contributed by atoms with Gasteiger partial charge in [0.05, 0.1) is 0 Å². The van der Waals surface area contributed by atoms with Gasteiger partial charge in [0.1, 0.15) is 0 Å². The summed E-state index contributed by atoms with van der Waals surface area (Å²) in [7, 11) is 2.31. The maximum absolute atomic E-state index is 5.68. The van der Waals surface area contributed by atoms with Crippen LogP contribution in [0, 0.1) is 5.41 Å². The third-order valence-corrected chi connectivity index (χ3v) is 4.59. The zero-order valence-electron chi connectivity index (χ0n) is 12.0. The van der Waals surface area contributed by atoms with E-state index in [1.165, 1.54) is 57.9 Å². The standard InChI is InChI=1S/C15H30ClN/c1-15(2)10-8-14(9-11-15)17(3)13-7-5-4-6-12-16/h14H,4-13H2,1-3H3. The highest BCUT2D eigenvalue weighted by molar-refractivity contribution is 6.17. The Bertz CT molecular complexity index is 193. The summed E-state index contributed by atoms with van der Waals surface area (Å²) in [6, 6.07) is 0.844. The van der Waals surface area contributed by atoms with Gasteiger partial charge in [-0.3, -0.25) is 0 Å². The van der Waals surface area contributed by atoms with Crippen LogP contribution in [-0.2, 0) is 0 Å². The Morgan fingerprint density at radius 3 is 2.24 bits per heavy atom. The largest absolute Gasteiger partial charge is 0.303 e.